The van der Waals surface area contributed by atoms with Crippen LogP contribution in [0.2, 0.25) is 0 Å². The average molecular weight is 396 g/mol. The van der Waals surface area contributed by atoms with Crippen LogP contribution in [0, 0.1) is 0 Å². The predicted octanol–water partition coefficient (Wildman–Crippen LogP) is 3.36. The van der Waals surface area contributed by atoms with E-state index in [9.17, 15) is 21.6 Å². The van der Waals surface area contributed by atoms with Gasteiger partial charge in [0.15, 0.2) is 9.84 Å². The summed E-state index contributed by atoms with van der Waals surface area (Å²) in [5, 5.41) is 4.28. The normalized spacial score (nSPS) is 12.3. The summed E-state index contributed by atoms with van der Waals surface area (Å²) in [6, 6.07) is 6.72. The van der Waals surface area contributed by atoms with Crippen LogP contribution >= 0.6 is 0 Å². The molecule has 0 atom stereocenters. The SMILES string of the molecule is CCS(=O)(=O)c1cccnc1-c1cc(-c2ccc(C(F)(F)F)nc2)n(C)n1. The summed E-state index contributed by atoms with van der Waals surface area (Å²) >= 11 is 0. The number of rotatable bonds is 4. The van der Waals surface area contributed by atoms with Crippen molar-refractivity contribution in [2.75, 3.05) is 5.75 Å². The van der Waals surface area contributed by atoms with Gasteiger partial charge in [0.25, 0.3) is 0 Å². The highest BCUT2D eigenvalue weighted by Crippen LogP contribution is 2.31. The monoisotopic (exact) mass is 396 g/mol. The largest absolute Gasteiger partial charge is 0.433 e. The molecule has 3 rings (SSSR count). The Bertz CT molecular complexity index is 1070. The molecule has 0 amide bonds. The quantitative estimate of drug-likeness (QED) is 0.676. The fourth-order valence-electron chi connectivity index (χ4n) is 2.56. The lowest BCUT2D eigenvalue weighted by molar-refractivity contribution is -0.141. The van der Waals surface area contributed by atoms with Crippen LogP contribution in [0.4, 0.5) is 13.2 Å². The van der Waals surface area contributed by atoms with Gasteiger partial charge in [-0.3, -0.25) is 14.6 Å². The van der Waals surface area contributed by atoms with Gasteiger partial charge in [-0.25, -0.2) is 8.42 Å². The Labute approximate surface area is 153 Å². The first-order chi connectivity index (χ1) is 12.6. The van der Waals surface area contributed by atoms with Crippen molar-refractivity contribution in [2.45, 2.75) is 18.0 Å². The summed E-state index contributed by atoms with van der Waals surface area (Å²) in [6.07, 6.45) is -1.96. The summed E-state index contributed by atoms with van der Waals surface area (Å²) in [4.78, 5) is 7.64. The van der Waals surface area contributed by atoms with Gasteiger partial charge in [0, 0.05) is 25.0 Å². The third kappa shape index (κ3) is 3.70. The van der Waals surface area contributed by atoms with E-state index >= 15 is 0 Å². The van der Waals surface area contributed by atoms with Gasteiger partial charge in [-0.15, -0.1) is 0 Å². The van der Waals surface area contributed by atoms with E-state index in [1.807, 2.05) is 0 Å². The van der Waals surface area contributed by atoms with Crippen molar-refractivity contribution in [2.24, 2.45) is 7.05 Å². The van der Waals surface area contributed by atoms with Gasteiger partial charge in [0.1, 0.15) is 17.1 Å². The van der Waals surface area contributed by atoms with Crippen LogP contribution in [0.1, 0.15) is 12.6 Å². The van der Waals surface area contributed by atoms with Gasteiger partial charge in [-0.1, -0.05) is 6.92 Å². The standard InChI is InChI=1S/C17H15F3N4O2S/c1-3-27(25,26)14-5-4-8-21-16(14)12-9-13(24(2)23-12)11-6-7-15(22-10-11)17(18,19)20/h4-10H,3H2,1-2H3. The molecule has 0 saturated heterocycles. The Morgan fingerprint density at radius 3 is 2.48 bits per heavy atom. The number of aromatic nitrogens is 4. The van der Waals surface area contributed by atoms with Gasteiger partial charge < -0.3 is 0 Å². The van der Waals surface area contributed by atoms with E-state index < -0.39 is 21.7 Å². The van der Waals surface area contributed by atoms with E-state index in [4.69, 9.17) is 0 Å². The van der Waals surface area contributed by atoms with E-state index in [0.717, 1.165) is 12.3 Å². The summed E-state index contributed by atoms with van der Waals surface area (Å²) < 4.78 is 64.0. The van der Waals surface area contributed by atoms with Crippen molar-refractivity contribution < 1.29 is 21.6 Å². The highest BCUT2D eigenvalue weighted by atomic mass is 32.2. The summed E-state index contributed by atoms with van der Waals surface area (Å²) in [7, 11) is -1.91. The Kier molecular flexibility index (Phi) is 4.77. The van der Waals surface area contributed by atoms with Crippen LogP contribution in [-0.2, 0) is 23.1 Å². The molecule has 0 unspecified atom stereocenters. The fraction of sp³-hybridized carbons (Fsp3) is 0.235. The van der Waals surface area contributed by atoms with E-state index in [-0.39, 0.29) is 16.3 Å². The molecule has 0 radical (unpaired) electrons. The van der Waals surface area contributed by atoms with Gasteiger partial charge in [-0.05, 0) is 30.3 Å². The number of sulfone groups is 1. The van der Waals surface area contributed by atoms with Crippen molar-refractivity contribution in [1.82, 2.24) is 19.7 Å². The second-order valence-electron chi connectivity index (χ2n) is 5.72. The minimum absolute atomic E-state index is 0.0581. The molecule has 10 heteroatoms. The maximum atomic E-state index is 12.7. The topological polar surface area (TPSA) is 77.7 Å². The second-order valence-corrected chi connectivity index (χ2v) is 7.97. The molecule has 3 aromatic rings. The Hall–Kier alpha value is -2.75. The highest BCUT2D eigenvalue weighted by Gasteiger charge is 2.32. The second kappa shape index (κ2) is 6.76. The minimum Gasteiger partial charge on any atom is -0.267 e. The van der Waals surface area contributed by atoms with Crippen LogP contribution in [0.25, 0.3) is 22.6 Å². The molecule has 0 bridgehead atoms. The maximum absolute atomic E-state index is 12.7. The minimum atomic E-state index is -4.52. The lowest BCUT2D eigenvalue weighted by Crippen LogP contribution is -2.07. The van der Waals surface area contributed by atoms with Gasteiger partial charge >= 0.3 is 6.18 Å². The van der Waals surface area contributed by atoms with Crippen molar-refractivity contribution in [1.29, 1.82) is 0 Å². The van der Waals surface area contributed by atoms with Crippen LogP contribution < -0.4 is 0 Å². The number of pyridine rings is 2. The van der Waals surface area contributed by atoms with Crippen molar-refractivity contribution >= 4 is 9.84 Å². The van der Waals surface area contributed by atoms with Crippen LogP contribution in [0.15, 0.2) is 47.6 Å². The number of halogens is 3. The van der Waals surface area contributed by atoms with Crippen LogP contribution in [0.3, 0.4) is 0 Å². The molecule has 0 aliphatic carbocycles. The molecule has 0 spiro atoms. The summed E-state index contributed by atoms with van der Waals surface area (Å²) in [5.74, 6) is -0.0891. The molecular weight excluding hydrogens is 381 g/mol. The first kappa shape index (κ1) is 19.0. The predicted molar refractivity (Wildman–Crippen MR) is 92.4 cm³/mol. The zero-order valence-corrected chi connectivity index (χ0v) is 15.2. The summed E-state index contributed by atoms with van der Waals surface area (Å²) in [5.41, 5.74) is 0.410. The number of nitrogens with zero attached hydrogens (tertiary/aromatic N) is 4. The Morgan fingerprint density at radius 1 is 1.15 bits per heavy atom. The first-order valence-electron chi connectivity index (χ1n) is 7.89. The van der Waals surface area contributed by atoms with Crippen molar-refractivity contribution in [3.63, 3.8) is 0 Å². The van der Waals surface area contributed by atoms with E-state index in [2.05, 4.69) is 15.1 Å². The molecule has 0 aliphatic heterocycles. The maximum Gasteiger partial charge on any atom is 0.433 e. The molecule has 3 heterocycles. The van der Waals surface area contributed by atoms with Gasteiger partial charge in [-0.2, -0.15) is 18.3 Å². The number of hydrogen-bond acceptors (Lipinski definition) is 5. The third-order valence-corrected chi connectivity index (χ3v) is 5.72. The molecule has 3 aromatic heterocycles. The van der Waals surface area contributed by atoms with Crippen LogP contribution in [-0.4, -0.2) is 33.9 Å². The molecular formula is C17H15F3N4O2S. The van der Waals surface area contributed by atoms with Crippen molar-refractivity contribution in [3.05, 3.63) is 48.4 Å². The smallest absolute Gasteiger partial charge is 0.267 e. The number of hydrogen-bond donors (Lipinski definition) is 0. The average Bonchev–Trinajstić information content (AvgIpc) is 3.03. The fourth-order valence-corrected chi connectivity index (χ4v) is 3.60. The lowest BCUT2D eigenvalue weighted by atomic mass is 10.1. The zero-order chi connectivity index (χ0) is 19.8. The lowest BCUT2D eigenvalue weighted by Gasteiger charge is -2.06. The van der Waals surface area contributed by atoms with Crippen molar-refractivity contribution in [3.8, 4) is 22.6 Å². The molecule has 0 aromatic carbocycles. The molecule has 0 aliphatic rings. The molecule has 6 nitrogen and oxygen atoms in total. The Balaban J connectivity index is 2.07. The highest BCUT2D eigenvalue weighted by molar-refractivity contribution is 7.91. The first-order valence-corrected chi connectivity index (χ1v) is 9.54. The van der Waals surface area contributed by atoms with E-state index in [0.29, 0.717) is 17.0 Å². The zero-order valence-electron chi connectivity index (χ0n) is 14.4. The Morgan fingerprint density at radius 2 is 1.89 bits per heavy atom. The number of aryl methyl sites for hydroxylation is 1. The molecule has 0 saturated carbocycles. The van der Waals surface area contributed by atoms with Gasteiger partial charge in [0.2, 0.25) is 0 Å². The molecule has 0 fully saturated rings. The number of alkyl halides is 3. The van der Waals surface area contributed by atoms with E-state index in [1.54, 1.807) is 13.1 Å². The van der Waals surface area contributed by atoms with E-state index in [1.165, 1.54) is 36.0 Å². The molecule has 0 N–H and O–H groups in total. The van der Waals surface area contributed by atoms with Crippen LogP contribution in [0.5, 0.6) is 0 Å². The molecule has 142 valence electrons. The summed E-state index contributed by atoms with van der Waals surface area (Å²) in [6.45, 7) is 1.53. The van der Waals surface area contributed by atoms with Gasteiger partial charge in [0.05, 0.1) is 16.3 Å². The third-order valence-electron chi connectivity index (χ3n) is 3.96. The molecule has 27 heavy (non-hydrogen) atoms.